The van der Waals surface area contributed by atoms with Crippen molar-refractivity contribution in [2.24, 2.45) is 0 Å². The number of aromatic nitrogens is 3. The van der Waals surface area contributed by atoms with Gasteiger partial charge in [0, 0.05) is 12.6 Å². The van der Waals surface area contributed by atoms with Crippen LogP contribution in [0, 0.1) is 0 Å². The van der Waals surface area contributed by atoms with Crippen LogP contribution in [0.5, 0.6) is 0 Å². The first kappa shape index (κ1) is 10.6. The summed E-state index contributed by atoms with van der Waals surface area (Å²) >= 11 is 0. The SMILES string of the molecule is CCCn1nncc1C(O)C1CCCN1. The second kappa shape index (κ2) is 4.72. The van der Waals surface area contributed by atoms with Gasteiger partial charge >= 0.3 is 0 Å². The van der Waals surface area contributed by atoms with E-state index in [9.17, 15) is 5.11 Å². The van der Waals surface area contributed by atoms with E-state index in [-0.39, 0.29) is 6.04 Å². The third-order valence-electron chi connectivity index (χ3n) is 2.87. The molecule has 1 aliphatic rings. The molecule has 5 heteroatoms. The maximum absolute atomic E-state index is 10.2. The summed E-state index contributed by atoms with van der Waals surface area (Å²) in [6.07, 6.45) is 4.35. The van der Waals surface area contributed by atoms with E-state index in [4.69, 9.17) is 0 Å². The lowest BCUT2D eigenvalue weighted by atomic mass is 10.1. The molecule has 2 unspecified atom stereocenters. The highest BCUT2D eigenvalue weighted by molar-refractivity contribution is 5.04. The highest BCUT2D eigenvalue weighted by Gasteiger charge is 2.26. The number of nitrogens with zero attached hydrogens (tertiary/aromatic N) is 3. The molecule has 1 fully saturated rings. The van der Waals surface area contributed by atoms with Gasteiger partial charge in [-0.1, -0.05) is 12.1 Å². The van der Waals surface area contributed by atoms with Crippen molar-refractivity contribution in [3.8, 4) is 0 Å². The minimum atomic E-state index is -0.478. The zero-order chi connectivity index (χ0) is 10.7. The number of hydrogen-bond acceptors (Lipinski definition) is 4. The summed E-state index contributed by atoms with van der Waals surface area (Å²) in [5.74, 6) is 0. The average molecular weight is 210 g/mol. The maximum Gasteiger partial charge on any atom is 0.112 e. The Labute approximate surface area is 89.5 Å². The van der Waals surface area contributed by atoms with Gasteiger partial charge in [-0.2, -0.15) is 0 Å². The number of aliphatic hydroxyl groups excluding tert-OH is 1. The van der Waals surface area contributed by atoms with Crippen molar-refractivity contribution in [3.05, 3.63) is 11.9 Å². The van der Waals surface area contributed by atoms with Crippen molar-refractivity contribution in [2.75, 3.05) is 6.54 Å². The molecule has 0 aromatic carbocycles. The highest BCUT2D eigenvalue weighted by atomic mass is 16.3. The van der Waals surface area contributed by atoms with Crippen LogP contribution in [0.4, 0.5) is 0 Å². The van der Waals surface area contributed by atoms with E-state index in [1.165, 1.54) is 0 Å². The van der Waals surface area contributed by atoms with Crippen molar-refractivity contribution < 1.29 is 5.11 Å². The number of aryl methyl sites for hydroxylation is 1. The van der Waals surface area contributed by atoms with Crippen LogP contribution >= 0.6 is 0 Å². The fraction of sp³-hybridized carbons (Fsp3) is 0.800. The van der Waals surface area contributed by atoms with Gasteiger partial charge in [-0.3, -0.25) is 0 Å². The molecule has 2 rings (SSSR count). The summed E-state index contributed by atoms with van der Waals surface area (Å²) in [5, 5.41) is 21.3. The standard InChI is InChI=1S/C10H18N4O/c1-2-6-14-9(7-12-13-14)10(15)8-4-3-5-11-8/h7-8,10-11,15H,2-6H2,1H3. The molecule has 1 aromatic heterocycles. The van der Waals surface area contributed by atoms with Crippen molar-refractivity contribution in [1.82, 2.24) is 20.3 Å². The Morgan fingerprint density at radius 2 is 2.60 bits per heavy atom. The van der Waals surface area contributed by atoms with Gasteiger partial charge in [-0.05, 0) is 25.8 Å². The molecule has 1 aliphatic heterocycles. The minimum Gasteiger partial charge on any atom is -0.385 e. The molecule has 2 N–H and O–H groups in total. The van der Waals surface area contributed by atoms with Crippen LogP contribution < -0.4 is 5.32 Å². The summed E-state index contributed by atoms with van der Waals surface area (Å²) in [5.41, 5.74) is 0.830. The predicted molar refractivity (Wildman–Crippen MR) is 56.3 cm³/mol. The summed E-state index contributed by atoms with van der Waals surface area (Å²) in [4.78, 5) is 0. The van der Waals surface area contributed by atoms with Crippen LogP contribution in [0.3, 0.4) is 0 Å². The van der Waals surface area contributed by atoms with Crippen molar-refractivity contribution in [2.45, 2.75) is 44.9 Å². The molecular formula is C10H18N4O. The van der Waals surface area contributed by atoms with Gasteiger partial charge in [-0.25, -0.2) is 4.68 Å². The van der Waals surface area contributed by atoms with Crippen molar-refractivity contribution >= 4 is 0 Å². The van der Waals surface area contributed by atoms with Crippen LogP contribution in [0.25, 0.3) is 0 Å². The zero-order valence-corrected chi connectivity index (χ0v) is 9.06. The smallest absolute Gasteiger partial charge is 0.112 e. The molecule has 0 spiro atoms. The Bertz CT molecular complexity index is 306. The fourth-order valence-corrected chi connectivity index (χ4v) is 2.07. The van der Waals surface area contributed by atoms with Crippen molar-refractivity contribution in [1.29, 1.82) is 0 Å². The Kier molecular flexibility index (Phi) is 3.33. The molecule has 2 atom stereocenters. The number of hydrogen-bond donors (Lipinski definition) is 2. The lowest BCUT2D eigenvalue weighted by Gasteiger charge is -2.18. The summed E-state index contributed by atoms with van der Waals surface area (Å²) in [7, 11) is 0. The summed E-state index contributed by atoms with van der Waals surface area (Å²) < 4.78 is 1.80. The van der Waals surface area contributed by atoms with E-state index in [0.29, 0.717) is 0 Å². The summed E-state index contributed by atoms with van der Waals surface area (Å²) in [6, 6.07) is 0.166. The van der Waals surface area contributed by atoms with Crippen LogP contribution in [0.1, 0.15) is 38.0 Å². The normalized spacial score (nSPS) is 23.2. The molecule has 0 bridgehead atoms. The maximum atomic E-state index is 10.2. The molecule has 5 nitrogen and oxygen atoms in total. The van der Waals surface area contributed by atoms with Gasteiger partial charge < -0.3 is 10.4 Å². The Balaban J connectivity index is 2.09. The number of nitrogens with one attached hydrogen (secondary N) is 1. The third kappa shape index (κ3) is 2.18. The molecular weight excluding hydrogens is 192 g/mol. The van der Waals surface area contributed by atoms with Crippen molar-refractivity contribution in [3.63, 3.8) is 0 Å². The first-order chi connectivity index (χ1) is 7.33. The molecule has 0 aliphatic carbocycles. The van der Waals surface area contributed by atoms with Crippen LogP contribution in [-0.2, 0) is 6.54 Å². The number of rotatable bonds is 4. The molecule has 15 heavy (non-hydrogen) atoms. The van der Waals surface area contributed by atoms with Gasteiger partial charge in [0.2, 0.25) is 0 Å². The quantitative estimate of drug-likeness (QED) is 0.758. The monoisotopic (exact) mass is 210 g/mol. The number of aliphatic hydroxyl groups is 1. The average Bonchev–Trinajstić information content (AvgIpc) is 2.87. The molecule has 1 aromatic rings. The molecule has 0 saturated carbocycles. The van der Waals surface area contributed by atoms with Crippen LogP contribution in [-0.4, -0.2) is 32.7 Å². The van der Waals surface area contributed by atoms with Gasteiger partial charge in [-0.15, -0.1) is 5.10 Å². The Hall–Kier alpha value is -0.940. The Morgan fingerprint density at radius 3 is 3.27 bits per heavy atom. The fourth-order valence-electron chi connectivity index (χ4n) is 2.07. The third-order valence-corrected chi connectivity index (χ3v) is 2.87. The van der Waals surface area contributed by atoms with E-state index < -0.39 is 6.10 Å². The van der Waals surface area contributed by atoms with Crippen LogP contribution in [0.15, 0.2) is 6.20 Å². The first-order valence-corrected chi connectivity index (χ1v) is 5.62. The molecule has 0 radical (unpaired) electrons. The first-order valence-electron chi connectivity index (χ1n) is 5.62. The molecule has 2 heterocycles. The lowest BCUT2D eigenvalue weighted by Crippen LogP contribution is -2.30. The molecule has 84 valence electrons. The van der Waals surface area contributed by atoms with E-state index in [0.717, 1.165) is 38.0 Å². The molecule has 0 amide bonds. The lowest BCUT2D eigenvalue weighted by molar-refractivity contribution is 0.127. The zero-order valence-electron chi connectivity index (χ0n) is 9.06. The second-order valence-electron chi connectivity index (χ2n) is 4.03. The van der Waals surface area contributed by atoms with Gasteiger partial charge in [0.15, 0.2) is 0 Å². The van der Waals surface area contributed by atoms with Gasteiger partial charge in [0.1, 0.15) is 6.10 Å². The second-order valence-corrected chi connectivity index (χ2v) is 4.03. The van der Waals surface area contributed by atoms with E-state index >= 15 is 0 Å². The van der Waals surface area contributed by atoms with Gasteiger partial charge in [0.25, 0.3) is 0 Å². The highest BCUT2D eigenvalue weighted by Crippen LogP contribution is 2.22. The largest absolute Gasteiger partial charge is 0.385 e. The van der Waals surface area contributed by atoms with E-state index in [2.05, 4.69) is 22.6 Å². The minimum absolute atomic E-state index is 0.166. The topological polar surface area (TPSA) is 63.0 Å². The Morgan fingerprint density at radius 1 is 1.73 bits per heavy atom. The van der Waals surface area contributed by atoms with E-state index in [1.807, 2.05) is 0 Å². The predicted octanol–water partition coefficient (Wildman–Crippen LogP) is 0.473. The van der Waals surface area contributed by atoms with E-state index in [1.54, 1.807) is 10.9 Å². The van der Waals surface area contributed by atoms with Gasteiger partial charge in [0.05, 0.1) is 11.9 Å². The van der Waals surface area contributed by atoms with Crippen LogP contribution in [0.2, 0.25) is 0 Å². The molecule has 1 saturated heterocycles. The summed E-state index contributed by atoms with van der Waals surface area (Å²) in [6.45, 7) is 3.90.